The van der Waals surface area contributed by atoms with E-state index in [1.807, 2.05) is 33.9 Å². The summed E-state index contributed by atoms with van der Waals surface area (Å²) in [5, 5.41) is 28.3. The number of esters is 3. The van der Waals surface area contributed by atoms with Crippen LogP contribution in [0, 0.1) is 32.8 Å². The lowest BCUT2D eigenvalue weighted by molar-refractivity contribution is -0.384. The second kappa shape index (κ2) is 21.3. The number of aliphatic hydroxyl groups is 1. The van der Waals surface area contributed by atoms with Gasteiger partial charge in [0.2, 0.25) is 0 Å². The van der Waals surface area contributed by atoms with Gasteiger partial charge >= 0.3 is 24.1 Å². The van der Waals surface area contributed by atoms with Gasteiger partial charge in [0.1, 0.15) is 41.5 Å². The number of ketones is 1. The molecule has 4 aromatic carbocycles. The second-order valence-electron chi connectivity index (χ2n) is 23.1. The number of carbonyl (C=O) groups excluding carboxylic acids is 6. The number of nitrogens with zero attached hydrogens (tertiary/aromatic N) is 1. The third-order valence-electron chi connectivity index (χ3n) is 17.2. The molecule has 11 atom stereocenters. The zero-order valence-corrected chi connectivity index (χ0v) is 46.7. The lowest BCUT2D eigenvalue weighted by Crippen LogP contribution is -2.81. The SMILES string of the molecule is CC(=O)O[C@@]12COC1C[C@H](OC(=O)Oc1ccc([N+](=O)[O-])cc1)[C@@]1(C)C(=O)[C@H](C)C3=C(C)C(OC(=O)[C@H](O[Si](C)(C)C(C)(C)C)C(NC(=O)c4ccccc4)c4ccccc4)C[C@@](O)([C@@H](OC(=O)c4ccccc4)[C@@H]12)C3(C)C. The molecule has 0 radical (unpaired) electrons. The average molecular weight is 1090 g/mol. The zero-order valence-electron chi connectivity index (χ0n) is 45.7. The van der Waals surface area contributed by atoms with E-state index in [2.05, 4.69) is 5.32 Å². The summed E-state index contributed by atoms with van der Waals surface area (Å²) in [5.74, 6) is -6.48. The molecule has 4 aromatic rings. The standard InChI is InChI=1S/C59H68N2O16Si/c1-34-42(73-53(66)47(77-78(10,11)55(4,5)6)46(37-21-15-12-16-22-37)60-51(64)38-23-17-13-18-24-38)32-59(68)50(75-52(65)39-25-19-14-20-26-39)48-57(9,49(63)35(2)45(34)56(59,7)8)43(31-44-58(48,33-71-44)76-36(3)62)74-54(67)72-41-29-27-40(28-30-41)61(69)70/h12-30,35,42-44,46-48,50,68H,31-33H2,1-11H3,(H,60,64)/t35-,42?,43+,44?,46?,47-,48+,50+,57-,58+,59-/m1/s1. The maximum absolute atomic E-state index is 16.2. The molecule has 0 aromatic heterocycles. The van der Waals surface area contributed by atoms with Gasteiger partial charge in [0.05, 0.1) is 34.5 Å². The molecular weight excluding hydrogens is 1020 g/mol. The van der Waals surface area contributed by atoms with Crippen LogP contribution in [0.25, 0.3) is 0 Å². The van der Waals surface area contributed by atoms with Crippen LogP contribution in [0.1, 0.15) is 107 Å². The summed E-state index contributed by atoms with van der Waals surface area (Å²) >= 11 is 0. The van der Waals surface area contributed by atoms with Crippen molar-refractivity contribution in [3.63, 3.8) is 0 Å². The molecule has 414 valence electrons. The maximum Gasteiger partial charge on any atom is 0.514 e. The monoisotopic (exact) mass is 1090 g/mol. The molecular formula is C59H68N2O16Si. The van der Waals surface area contributed by atoms with Gasteiger partial charge in [0.25, 0.3) is 11.6 Å². The van der Waals surface area contributed by atoms with E-state index in [0.717, 1.165) is 12.1 Å². The minimum Gasteiger partial charge on any atom is -0.456 e. The molecule has 78 heavy (non-hydrogen) atoms. The van der Waals surface area contributed by atoms with E-state index in [-0.39, 0.29) is 30.0 Å². The van der Waals surface area contributed by atoms with Gasteiger partial charge in [-0.05, 0) is 85.1 Å². The fourth-order valence-corrected chi connectivity index (χ4v) is 13.3. The second-order valence-corrected chi connectivity index (χ2v) is 27.9. The summed E-state index contributed by atoms with van der Waals surface area (Å²) in [4.78, 5) is 98.9. The Hall–Kier alpha value is -7.06. The molecule has 4 aliphatic rings. The first kappa shape index (κ1) is 57.1. The Kier molecular flexibility index (Phi) is 15.6. The Labute approximate surface area is 454 Å². The Morgan fingerprint density at radius 1 is 0.846 bits per heavy atom. The van der Waals surface area contributed by atoms with Crippen LogP contribution in [0.2, 0.25) is 18.1 Å². The number of carbonyl (C=O) groups is 6. The van der Waals surface area contributed by atoms with Gasteiger partial charge in [0.15, 0.2) is 20.0 Å². The summed E-state index contributed by atoms with van der Waals surface area (Å²) in [6.07, 6.45) is -9.22. The molecule has 2 saturated carbocycles. The van der Waals surface area contributed by atoms with Crippen molar-refractivity contribution in [3.8, 4) is 5.75 Å². The zero-order chi connectivity index (χ0) is 56.9. The third kappa shape index (κ3) is 10.3. The molecule has 3 unspecified atom stereocenters. The van der Waals surface area contributed by atoms with Gasteiger partial charge in [-0.3, -0.25) is 24.5 Å². The minimum atomic E-state index is -2.94. The molecule has 19 heteroatoms. The highest BCUT2D eigenvalue weighted by molar-refractivity contribution is 6.74. The van der Waals surface area contributed by atoms with Crippen LogP contribution in [0.3, 0.4) is 0 Å². The Balaban J connectivity index is 1.29. The number of fused-ring (bicyclic) bond motifs is 5. The van der Waals surface area contributed by atoms with E-state index in [1.54, 1.807) is 107 Å². The van der Waals surface area contributed by atoms with Crippen LogP contribution in [-0.2, 0) is 42.5 Å². The number of nitro groups is 1. The number of hydrogen-bond donors (Lipinski definition) is 2. The molecule has 18 nitrogen and oxygen atoms in total. The fourth-order valence-electron chi connectivity index (χ4n) is 12.1. The molecule has 2 bridgehead atoms. The average Bonchev–Trinajstić information content (AvgIpc) is 1.64. The first-order valence-corrected chi connectivity index (χ1v) is 29.0. The van der Waals surface area contributed by atoms with Gasteiger partial charge in [-0.2, -0.15) is 0 Å². The largest absolute Gasteiger partial charge is 0.514 e. The number of rotatable bonds is 14. The Morgan fingerprint density at radius 3 is 1.96 bits per heavy atom. The molecule has 0 spiro atoms. The number of benzene rings is 4. The Morgan fingerprint density at radius 2 is 1.42 bits per heavy atom. The number of hydrogen-bond acceptors (Lipinski definition) is 16. The lowest BCUT2D eigenvalue weighted by Gasteiger charge is -2.67. The van der Waals surface area contributed by atoms with Crippen molar-refractivity contribution in [1.82, 2.24) is 5.32 Å². The third-order valence-corrected chi connectivity index (χ3v) is 21.6. The minimum absolute atomic E-state index is 0.0708. The van der Waals surface area contributed by atoms with Crippen LogP contribution in [-0.4, -0.2) is 102 Å². The highest BCUT2D eigenvalue weighted by Crippen LogP contribution is 2.65. The van der Waals surface area contributed by atoms with E-state index >= 15 is 9.59 Å². The van der Waals surface area contributed by atoms with Crippen molar-refractivity contribution in [2.45, 2.75) is 141 Å². The lowest BCUT2D eigenvalue weighted by atomic mass is 9.43. The molecule has 1 saturated heterocycles. The quantitative estimate of drug-likeness (QED) is 0.0227. The van der Waals surface area contributed by atoms with E-state index in [9.17, 15) is 34.4 Å². The highest BCUT2D eigenvalue weighted by atomic mass is 28.4. The van der Waals surface area contributed by atoms with Crippen molar-refractivity contribution >= 4 is 49.8 Å². The topological polar surface area (TPSA) is 242 Å². The normalized spacial score (nSPS) is 28.1. The summed E-state index contributed by atoms with van der Waals surface area (Å²) in [7, 11) is -2.94. The van der Waals surface area contributed by atoms with Crippen LogP contribution in [0.5, 0.6) is 5.75 Å². The highest BCUT2D eigenvalue weighted by Gasteiger charge is 2.78. The fraction of sp³-hybridized carbons (Fsp3) is 0.458. The van der Waals surface area contributed by atoms with Crippen LogP contribution >= 0.6 is 0 Å². The first-order chi connectivity index (χ1) is 36.6. The van der Waals surface area contributed by atoms with Crippen LogP contribution < -0.4 is 10.1 Å². The number of amides is 1. The summed E-state index contributed by atoms with van der Waals surface area (Å²) in [6.45, 7) is 19.1. The number of ether oxygens (including phenoxy) is 6. The van der Waals surface area contributed by atoms with Crippen molar-refractivity contribution < 1.29 is 71.6 Å². The maximum atomic E-state index is 16.2. The first-order valence-electron chi connectivity index (χ1n) is 26.0. The van der Waals surface area contributed by atoms with Crippen LogP contribution in [0.15, 0.2) is 126 Å². The number of nitro benzene ring substituents is 1. The van der Waals surface area contributed by atoms with Crippen LogP contribution in [0.4, 0.5) is 10.5 Å². The van der Waals surface area contributed by atoms with E-state index < -0.39 is 131 Å². The molecule has 3 fully saturated rings. The van der Waals surface area contributed by atoms with E-state index in [1.165, 1.54) is 38.1 Å². The van der Waals surface area contributed by atoms with E-state index in [4.69, 9.17) is 32.8 Å². The smallest absolute Gasteiger partial charge is 0.456 e. The van der Waals surface area contributed by atoms with Crippen molar-refractivity contribution in [2.75, 3.05) is 6.61 Å². The Bertz CT molecular complexity index is 3000. The van der Waals surface area contributed by atoms with Crippen molar-refractivity contribution in [2.24, 2.45) is 22.7 Å². The van der Waals surface area contributed by atoms with Gasteiger partial charge < -0.3 is 43.3 Å². The van der Waals surface area contributed by atoms with E-state index in [0.29, 0.717) is 22.3 Å². The molecule has 3 aliphatic carbocycles. The number of Topliss-reactive ketones (excluding diaryl/α,β-unsaturated/α-hetero) is 1. The van der Waals surface area contributed by atoms with Gasteiger partial charge in [-0.25, -0.2) is 14.4 Å². The van der Waals surface area contributed by atoms with Gasteiger partial charge in [0, 0.05) is 48.8 Å². The van der Waals surface area contributed by atoms with Crippen molar-refractivity contribution in [1.29, 1.82) is 0 Å². The van der Waals surface area contributed by atoms with Crippen molar-refractivity contribution in [3.05, 3.63) is 153 Å². The molecule has 8 rings (SSSR count). The number of non-ortho nitro benzene ring substituents is 1. The van der Waals surface area contributed by atoms with Gasteiger partial charge in [-0.15, -0.1) is 0 Å². The summed E-state index contributed by atoms with van der Waals surface area (Å²) in [6, 6.07) is 28.9. The summed E-state index contributed by atoms with van der Waals surface area (Å²) < 4.78 is 44.5. The molecule has 2 N–H and O–H groups in total. The molecule has 1 amide bonds. The number of nitrogens with one attached hydrogen (secondary N) is 1. The summed E-state index contributed by atoms with van der Waals surface area (Å²) in [5.41, 5.74) is -6.22. The predicted molar refractivity (Wildman–Crippen MR) is 285 cm³/mol. The predicted octanol–water partition coefficient (Wildman–Crippen LogP) is 9.60. The molecule has 1 aliphatic heterocycles. The molecule has 1 heterocycles. The van der Waals surface area contributed by atoms with Gasteiger partial charge in [-0.1, -0.05) is 108 Å².